The van der Waals surface area contributed by atoms with E-state index in [2.05, 4.69) is 4.98 Å². The number of nitrogens with zero attached hydrogens (tertiary/aromatic N) is 2. The molecule has 0 aromatic carbocycles. The third-order valence-electron chi connectivity index (χ3n) is 3.06. The predicted molar refractivity (Wildman–Crippen MR) is 66.0 cm³/mol. The van der Waals surface area contributed by atoms with Gasteiger partial charge in [-0.2, -0.15) is 4.98 Å². The molecule has 2 N–H and O–H groups in total. The van der Waals surface area contributed by atoms with Gasteiger partial charge in [-0.3, -0.25) is 9.36 Å². The van der Waals surface area contributed by atoms with Gasteiger partial charge < -0.3 is 19.7 Å². The lowest BCUT2D eigenvalue weighted by atomic mass is 10.2. The van der Waals surface area contributed by atoms with Gasteiger partial charge in [0.25, 0.3) is 5.56 Å². The van der Waals surface area contributed by atoms with E-state index in [-0.39, 0.29) is 18.2 Å². The molecule has 2 rings (SSSR count). The second kappa shape index (κ2) is 5.68. The van der Waals surface area contributed by atoms with Gasteiger partial charge in [0.2, 0.25) is 0 Å². The van der Waals surface area contributed by atoms with E-state index in [1.807, 2.05) is 0 Å². The quantitative estimate of drug-likeness (QED) is 0.772. The van der Waals surface area contributed by atoms with Crippen LogP contribution < -0.4 is 10.3 Å². The van der Waals surface area contributed by atoms with Crippen LogP contribution in [0, 0.1) is 6.92 Å². The molecule has 1 aliphatic rings. The van der Waals surface area contributed by atoms with Crippen molar-refractivity contribution in [3.63, 3.8) is 0 Å². The molecule has 106 valence electrons. The summed E-state index contributed by atoms with van der Waals surface area (Å²) in [4.78, 5) is 15.4. The zero-order valence-corrected chi connectivity index (χ0v) is 10.9. The molecule has 1 fully saturated rings. The lowest BCUT2D eigenvalue weighted by Crippen LogP contribution is -2.24. The largest absolute Gasteiger partial charge is 0.465 e. The molecule has 1 saturated heterocycles. The first-order valence-electron chi connectivity index (χ1n) is 6.23. The van der Waals surface area contributed by atoms with Crippen molar-refractivity contribution < 1.29 is 19.7 Å². The summed E-state index contributed by atoms with van der Waals surface area (Å²) in [7, 11) is 0. The minimum Gasteiger partial charge on any atom is -0.465 e. The van der Waals surface area contributed by atoms with E-state index in [1.54, 1.807) is 24.6 Å². The monoisotopic (exact) mass is 270 g/mol. The van der Waals surface area contributed by atoms with E-state index in [9.17, 15) is 9.90 Å². The van der Waals surface area contributed by atoms with Gasteiger partial charge >= 0.3 is 6.01 Å². The predicted octanol–water partition coefficient (Wildman–Crippen LogP) is -0.409. The Kier molecular flexibility index (Phi) is 4.18. The number of aliphatic hydroxyl groups is 2. The van der Waals surface area contributed by atoms with Crippen LogP contribution in [-0.4, -0.2) is 45.2 Å². The van der Waals surface area contributed by atoms with Gasteiger partial charge in [0.15, 0.2) is 0 Å². The Bertz CT molecular complexity index is 501. The molecule has 1 aromatic heterocycles. The van der Waals surface area contributed by atoms with E-state index in [1.165, 1.54) is 0 Å². The smallest absolute Gasteiger partial charge is 0.301 e. The summed E-state index contributed by atoms with van der Waals surface area (Å²) in [5.41, 5.74) is 0.117. The molecule has 0 radical (unpaired) electrons. The number of aryl methyl sites for hydroxylation is 1. The Hall–Kier alpha value is -1.44. The number of aliphatic hydroxyl groups excluding tert-OH is 2. The van der Waals surface area contributed by atoms with Crippen LogP contribution in [0.25, 0.3) is 0 Å². The van der Waals surface area contributed by atoms with E-state index < -0.39 is 18.4 Å². The highest BCUT2D eigenvalue weighted by Gasteiger charge is 2.35. The second-order valence-corrected chi connectivity index (χ2v) is 4.47. The Labute approximate surface area is 110 Å². The molecule has 0 unspecified atom stereocenters. The zero-order valence-electron chi connectivity index (χ0n) is 10.9. The number of hydrogen-bond acceptors (Lipinski definition) is 6. The van der Waals surface area contributed by atoms with Crippen LogP contribution in [0.3, 0.4) is 0 Å². The first-order chi connectivity index (χ1) is 9.06. The summed E-state index contributed by atoms with van der Waals surface area (Å²) in [6.07, 6.45) is 0.0381. The van der Waals surface area contributed by atoms with Crippen molar-refractivity contribution in [2.75, 3.05) is 13.2 Å². The van der Waals surface area contributed by atoms with Crippen LogP contribution in [0.1, 0.15) is 25.1 Å². The molecule has 1 aliphatic heterocycles. The maximum Gasteiger partial charge on any atom is 0.301 e. The highest BCUT2D eigenvalue weighted by Crippen LogP contribution is 2.30. The maximum absolute atomic E-state index is 11.5. The number of ether oxygens (including phenoxy) is 2. The Morgan fingerprint density at radius 1 is 1.63 bits per heavy atom. The van der Waals surface area contributed by atoms with Gasteiger partial charge in [0.05, 0.1) is 19.3 Å². The lowest BCUT2D eigenvalue weighted by molar-refractivity contribution is -0.0473. The van der Waals surface area contributed by atoms with Gasteiger partial charge in [0, 0.05) is 18.2 Å². The second-order valence-electron chi connectivity index (χ2n) is 4.47. The Balaban J connectivity index is 2.33. The van der Waals surface area contributed by atoms with Crippen molar-refractivity contribution in [2.45, 2.75) is 38.7 Å². The minimum absolute atomic E-state index is 0.161. The molecule has 3 atom stereocenters. The summed E-state index contributed by atoms with van der Waals surface area (Å²) >= 11 is 0. The fraction of sp³-hybridized carbons (Fsp3) is 0.667. The molecular formula is C12H18N2O5. The molecule has 0 spiro atoms. The van der Waals surface area contributed by atoms with Crippen LogP contribution in [0.5, 0.6) is 6.01 Å². The highest BCUT2D eigenvalue weighted by molar-refractivity contribution is 5.10. The SMILES string of the molecule is CCOc1nc(=O)c(C)cn1[C@H]1C[C@H](O)[C@@H](CO)O1. The summed E-state index contributed by atoms with van der Waals surface area (Å²) < 4.78 is 12.4. The van der Waals surface area contributed by atoms with Crippen molar-refractivity contribution in [3.05, 3.63) is 22.1 Å². The summed E-state index contributed by atoms with van der Waals surface area (Å²) in [5.74, 6) is 0. The molecule has 2 heterocycles. The van der Waals surface area contributed by atoms with Crippen molar-refractivity contribution in [3.8, 4) is 6.01 Å². The standard InChI is InChI=1S/C12H18N2O5/c1-3-18-12-13-11(17)7(2)5-14(12)10-4-8(16)9(6-15)19-10/h5,8-10,15-16H,3-4,6H2,1-2H3/t8-,9+,10+/m0/s1. The zero-order chi connectivity index (χ0) is 14.0. The minimum atomic E-state index is -0.746. The molecule has 0 amide bonds. The molecule has 1 aromatic rings. The van der Waals surface area contributed by atoms with Crippen molar-refractivity contribution in [1.29, 1.82) is 0 Å². The van der Waals surface area contributed by atoms with Gasteiger partial charge in [-0.1, -0.05) is 0 Å². The topological polar surface area (TPSA) is 93.8 Å². The van der Waals surface area contributed by atoms with Crippen LogP contribution in [-0.2, 0) is 4.74 Å². The Morgan fingerprint density at radius 3 is 2.95 bits per heavy atom. The molecule has 0 bridgehead atoms. The lowest BCUT2D eigenvalue weighted by Gasteiger charge is -2.19. The van der Waals surface area contributed by atoms with Crippen LogP contribution >= 0.6 is 0 Å². The maximum atomic E-state index is 11.5. The summed E-state index contributed by atoms with van der Waals surface area (Å²) in [6.45, 7) is 3.55. The van der Waals surface area contributed by atoms with Gasteiger partial charge in [0.1, 0.15) is 12.3 Å². The van der Waals surface area contributed by atoms with Crippen LogP contribution in [0.4, 0.5) is 0 Å². The van der Waals surface area contributed by atoms with Crippen LogP contribution in [0.15, 0.2) is 11.0 Å². The van der Waals surface area contributed by atoms with Gasteiger partial charge in [-0.15, -0.1) is 0 Å². The average molecular weight is 270 g/mol. The van der Waals surface area contributed by atoms with Crippen LogP contribution in [0.2, 0.25) is 0 Å². The Morgan fingerprint density at radius 2 is 2.37 bits per heavy atom. The van der Waals surface area contributed by atoms with Gasteiger partial charge in [-0.05, 0) is 13.8 Å². The molecule has 7 heteroatoms. The first-order valence-corrected chi connectivity index (χ1v) is 6.23. The third-order valence-corrected chi connectivity index (χ3v) is 3.06. The fourth-order valence-electron chi connectivity index (χ4n) is 2.04. The molecule has 0 aliphatic carbocycles. The number of hydrogen-bond donors (Lipinski definition) is 2. The van der Waals surface area contributed by atoms with E-state index in [0.29, 0.717) is 18.6 Å². The molecular weight excluding hydrogens is 252 g/mol. The number of rotatable bonds is 4. The molecule has 0 saturated carbocycles. The van der Waals surface area contributed by atoms with Crippen molar-refractivity contribution >= 4 is 0 Å². The van der Waals surface area contributed by atoms with E-state index >= 15 is 0 Å². The molecule has 7 nitrogen and oxygen atoms in total. The fourth-order valence-corrected chi connectivity index (χ4v) is 2.04. The third kappa shape index (κ3) is 2.78. The number of aromatic nitrogens is 2. The van der Waals surface area contributed by atoms with E-state index in [0.717, 1.165) is 0 Å². The van der Waals surface area contributed by atoms with E-state index in [4.69, 9.17) is 14.6 Å². The molecule has 19 heavy (non-hydrogen) atoms. The van der Waals surface area contributed by atoms with Gasteiger partial charge in [-0.25, -0.2) is 0 Å². The van der Waals surface area contributed by atoms with Crippen molar-refractivity contribution in [2.24, 2.45) is 0 Å². The summed E-state index contributed by atoms with van der Waals surface area (Å²) in [5, 5.41) is 18.8. The highest BCUT2D eigenvalue weighted by atomic mass is 16.6. The normalized spacial score (nSPS) is 26.6. The first kappa shape index (κ1) is 14.0. The average Bonchev–Trinajstić information content (AvgIpc) is 2.75. The van der Waals surface area contributed by atoms with Crippen molar-refractivity contribution in [1.82, 2.24) is 9.55 Å². The summed E-state index contributed by atoms with van der Waals surface area (Å²) in [6, 6.07) is 0.161.